The highest BCUT2D eigenvalue weighted by molar-refractivity contribution is 6.31. The van der Waals surface area contributed by atoms with Crippen LogP contribution in [0.5, 0.6) is 0 Å². The number of carbonyl (C=O) groups excluding carboxylic acids is 1. The fourth-order valence-corrected chi connectivity index (χ4v) is 1.21. The molecule has 0 aromatic carbocycles. The number of carbonyl (C=O) groups is 1. The van der Waals surface area contributed by atoms with Gasteiger partial charge in [-0.15, -0.1) is 0 Å². The van der Waals surface area contributed by atoms with Gasteiger partial charge in [0.25, 0.3) is 5.91 Å². The number of nitrogens with zero attached hydrogens (tertiary/aromatic N) is 1. The maximum absolute atomic E-state index is 11.4. The summed E-state index contributed by atoms with van der Waals surface area (Å²) in [7, 11) is 0. The first-order valence-corrected chi connectivity index (χ1v) is 5.54. The van der Waals surface area contributed by atoms with Crippen LogP contribution in [0.25, 0.3) is 0 Å². The molecular formula is C11H18ClNO. The van der Waals surface area contributed by atoms with Crippen molar-refractivity contribution in [3.63, 3.8) is 0 Å². The van der Waals surface area contributed by atoms with Gasteiger partial charge >= 0.3 is 0 Å². The molecule has 0 aromatic rings. The minimum Gasteiger partial charge on any atom is -0.332 e. The van der Waals surface area contributed by atoms with Crippen LogP contribution in [0.1, 0.15) is 39.5 Å². The Balaban J connectivity index is 4.05. The summed E-state index contributed by atoms with van der Waals surface area (Å²) in [5.41, 5.74) is 0. The van der Waals surface area contributed by atoms with Gasteiger partial charge in [-0.25, -0.2) is 0 Å². The van der Waals surface area contributed by atoms with Crippen molar-refractivity contribution in [2.24, 2.45) is 0 Å². The first-order valence-electron chi connectivity index (χ1n) is 5.16. The fourth-order valence-electron chi connectivity index (χ4n) is 1.13. The van der Waals surface area contributed by atoms with Gasteiger partial charge in [0, 0.05) is 24.4 Å². The molecule has 0 rings (SSSR count). The number of hydrogen-bond donors (Lipinski definition) is 0. The van der Waals surface area contributed by atoms with Crippen LogP contribution in [0, 0.1) is 11.3 Å². The van der Waals surface area contributed by atoms with E-state index in [1.165, 1.54) is 0 Å². The zero-order valence-electron chi connectivity index (χ0n) is 8.98. The van der Waals surface area contributed by atoms with E-state index in [0.29, 0.717) is 0 Å². The van der Waals surface area contributed by atoms with Crippen LogP contribution in [0.4, 0.5) is 0 Å². The van der Waals surface area contributed by atoms with Gasteiger partial charge in [0.1, 0.15) is 0 Å². The molecule has 0 aliphatic rings. The fraction of sp³-hybridized carbons (Fsp3) is 0.727. The summed E-state index contributed by atoms with van der Waals surface area (Å²) < 4.78 is 0. The first kappa shape index (κ1) is 13.3. The molecule has 80 valence electrons. The number of hydrogen-bond acceptors (Lipinski definition) is 1. The van der Waals surface area contributed by atoms with E-state index in [1.807, 2.05) is 0 Å². The van der Waals surface area contributed by atoms with Gasteiger partial charge in [0.2, 0.25) is 0 Å². The molecule has 0 saturated heterocycles. The summed E-state index contributed by atoms with van der Waals surface area (Å²) in [5.74, 6) is 2.21. The van der Waals surface area contributed by atoms with E-state index < -0.39 is 0 Å². The van der Waals surface area contributed by atoms with Crippen molar-refractivity contribution in [3.8, 4) is 11.3 Å². The third-order valence-electron chi connectivity index (χ3n) is 2.00. The van der Waals surface area contributed by atoms with Gasteiger partial charge < -0.3 is 4.90 Å². The normalized spacial score (nSPS) is 9.07. The predicted octanol–water partition coefficient (Wildman–Crippen LogP) is 2.61. The molecule has 0 N–H and O–H groups in total. The minimum atomic E-state index is -0.151. The second-order valence-corrected chi connectivity index (χ2v) is 3.41. The van der Waals surface area contributed by atoms with E-state index in [4.69, 9.17) is 11.6 Å². The molecule has 0 spiro atoms. The Labute approximate surface area is 91.6 Å². The molecule has 0 fully saturated rings. The lowest BCUT2D eigenvalue weighted by molar-refractivity contribution is -0.125. The molecule has 3 heteroatoms. The Morgan fingerprint density at radius 1 is 1.21 bits per heavy atom. The summed E-state index contributed by atoms with van der Waals surface area (Å²) >= 11 is 5.20. The monoisotopic (exact) mass is 215 g/mol. The maximum atomic E-state index is 11.4. The highest BCUT2D eigenvalue weighted by Gasteiger charge is 2.08. The minimum absolute atomic E-state index is 0.151. The van der Waals surface area contributed by atoms with Gasteiger partial charge in [-0.05, 0) is 24.4 Å². The van der Waals surface area contributed by atoms with Crippen LogP contribution in [0.2, 0.25) is 0 Å². The maximum Gasteiger partial charge on any atom is 0.299 e. The van der Waals surface area contributed by atoms with E-state index in [1.54, 1.807) is 4.90 Å². The van der Waals surface area contributed by atoms with Crippen molar-refractivity contribution in [3.05, 3.63) is 0 Å². The Bertz CT molecular complexity index is 209. The van der Waals surface area contributed by atoms with Crippen LogP contribution in [0.15, 0.2) is 0 Å². The summed E-state index contributed by atoms with van der Waals surface area (Å²) in [6.07, 6.45) is 4.23. The molecule has 0 unspecified atom stereocenters. The standard InChI is InChI=1S/C11H18ClNO/c1-3-5-9-13(10-6-4-2)11(14)7-8-12/h3-6,9-10H2,1-2H3. The molecule has 14 heavy (non-hydrogen) atoms. The van der Waals surface area contributed by atoms with E-state index in [9.17, 15) is 4.79 Å². The predicted molar refractivity (Wildman–Crippen MR) is 60.0 cm³/mol. The summed E-state index contributed by atoms with van der Waals surface area (Å²) in [6, 6.07) is 0. The molecule has 0 bridgehead atoms. The zero-order valence-corrected chi connectivity index (χ0v) is 9.73. The largest absolute Gasteiger partial charge is 0.332 e. The molecule has 0 atom stereocenters. The zero-order chi connectivity index (χ0) is 10.8. The second-order valence-electron chi connectivity index (χ2n) is 3.22. The molecule has 2 nitrogen and oxygen atoms in total. The van der Waals surface area contributed by atoms with Crippen LogP contribution in [-0.2, 0) is 4.79 Å². The number of amides is 1. The summed E-state index contributed by atoms with van der Waals surface area (Å²) in [5, 5.41) is 2.13. The summed E-state index contributed by atoms with van der Waals surface area (Å²) in [6.45, 7) is 5.80. The van der Waals surface area contributed by atoms with Gasteiger partial charge in [-0.2, -0.15) is 0 Å². The molecule has 0 aliphatic heterocycles. The van der Waals surface area contributed by atoms with Crippen LogP contribution >= 0.6 is 11.6 Å². The van der Waals surface area contributed by atoms with Crippen LogP contribution < -0.4 is 0 Å². The third kappa shape index (κ3) is 5.88. The van der Waals surface area contributed by atoms with Crippen molar-refractivity contribution in [1.29, 1.82) is 0 Å². The van der Waals surface area contributed by atoms with E-state index in [0.717, 1.165) is 38.8 Å². The van der Waals surface area contributed by atoms with Gasteiger partial charge in [-0.1, -0.05) is 26.7 Å². The highest BCUT2D eigenvalue weighted by Crippen LogP contribution is 1.99. The van der Waals surface area contributed by atoms with Crippen LogP contribution in [-0.4, -0.2) is 23.9 Å². The second kappa shape index (κ2) is 8.90. The number of unbranched alkanes of at least 4 members (excludes halogenated alkanes) is 2. The lowest BCUT2D eigenvalue weighted by Crippen LogP contribution is -2.31. The first-order chi connectivity index (χ1) is 6.76. The van der Waals surface area contributed by atoms with Gasteiger partial charge in [-0.3, -0.25) is 4.79 Å². The number of halogens is 1. The lowest BCUT2D eigenvalue weighted by atomic mass is 10.2. The summed E-state index contributed by atoms with van der Waals surface area (Å²) in [4.78, 5) is 13.2. The molecule has 0 saturated carbocycles. The quantitative estimate of drug-likeness (QED) is 0.624. The average molecular weight is 216 g/mol. The molecule has 0 aliphatic carbocycles. The molecule has 0 heterocycles. The topological polar surface area (TPSA) is 20.3 Å². The van der Waals surface area contributed by atoms with Crippen molar-refractivity contribution < 1.29 is 4.79 Å². The van der Waals surface area contributed by atoms with Crippen molar-refractivity contribution >= 4 is 17.5 Å². The van der Waals surface area contributed by atoms with Gasteiger partial charge in [0.15, 0.2) is 0 Å². The highest BCUT2D eigenvalue weighted by atomic mass is 35.5. The van der Waals surface area contributed by atoms with Gasteiger partial charge in [0.05, 0.1) is 0 Å². The molecule has 1 amide bonds. The van der Waals surface area contributed by atoms with Crippen molar-refractivity contribution in [1.82, 2.24) is 4.90 Å². The average Bonchev–Trinajstić information content (AvgIpc) is 2.18. The Morgan fingerprint density at radius 2 is 1.71 bits per heavy atom. The van der Waals surface area contributed by atoms with Crippen molar-refractivity contribution in [2.75, 3.05) is 13.1 Å². The van der Waals surface area contributed by atoms with E-state index in [2.05, 4.69) is 25.1 Å². The van der Waals surface area contributed by atoms with Crippen molar-refractivity contribution in [2.45, 2.75) is 39.5 Å². The van der Waals surface area contributed by atoms with Crippen LogP contribution in [0.3, 0.4) is 0 Å². The smallest absolute Gasteiger partial charge is 0.299 e. The molecule has 0 aromatic heterocycles. The Kier molecular flexibility index (Phi) is 8.47. The molecular weight excluding hydrogens is 198 g/mol. The lowest BCUT2D eigenvalue weighted by Gasteiger charge is -2.19. The number of rotatable bonds is 6. The van der Waals surface area contributed by atoms with E-state index >= 15 is 0 Å². The SMILES string of the molecule is CCCCN(CCCC)C(=O)C#CCl. The Morgan fingerprint density at radius 3 is 2.07 bits per heavy atom. The third-order valence-corrected chi connectivity index (χ3v) is 2.10. The van der Waals surface area contributed by atoms with E-state index in [-0.39, 0.29) is 5.91 Å². The Hall–Kier alpha value is -0.680. The molecule has 0 radical (unpaired) electrons.